The van der Waals surface area contributed by atoms with Crippen molar-refractivity contribution in [3.63, 3.8) is 0 Å². The molecule has 0 spiro atoms. The number of ether oxygens (including phenoxy) is 1. The maximum atomic E-state index is 13.1. The fourth-order valence-corrected chi connectivity index (χ4v) is 4.33. The second kappa shape index (κ2) is 9.01. The Hall–Kier alpha value is -3.00. The average molecular weight is 438 g/mol. The topological polar surface area (TPSA) is 76.0 Å². The first-order chi connectivity index (χ1) is 14.9. The normalized spacial score (nSPS) is 14.6. The maximum Gasteiger partial charge on any atom is 0.253 e. The minimum absolute atomic E-state index is 0.0684. The van der Waals surface area contributed by atoms with Crippen molar-refractivity contribution in [2.24, 2.45) is 7.05 Å². The van der Waals surface area contributed by atoms with Crippen molar-refractivity contribution in [2.75, 3.05) is 13.1 Å². The van der Waals surface area contributed by atoms with Crippen molar-refractivity contribution in [3.8, 4) is 5.75 Å². The average Bonchev–Trinajstić information content (AvgIpc) is 3.11. The largest absolute Gasteiger partial charge is 0.488 e. The van der Waals surface area contributed by atoms with Gasteiger partial charge in [-0.05, 0) is 68.2 Å². The number of carbonyl (C=O) groups excluding carboxylic acids is 1. The van der Waals surface area contributed by atoms with Gasteiger partial charge in [0.2, 0.25) is 0 Å². The lowest BCUT2D eigenvalue weighted by atomic mass is 9.95. The standard InChI is InChI=1S/C23H27N5O2S/c1-15-11-19(12-16(2)20(15)30-14-17-5-4-8-24-13-17)22(29)28-9-6-18(7-10-28)21-25-26-23(31)27(21)3/h4-5,8,11-13,18H,6-7,9-10,14H2,1-3H3,(H,26,31). The fourth-order valence-electron chi connectivity index (χ4n) is 4.19. The van der Waals surface area contributed by atoms with Gasteiger partial charge in [-0.2, -0.15) is 5.10 Å². The SMILES string of the molecule is Cc1cc(C(=O)N2CCC(c3n[nH]c(=S)n3C)CC2)cc(C)c1OCc1cccnc1. The van der Waals surface area contributed by atoms with Crippen LogP contribution in [0.5, 0.6) is 5.75 Å². The summed E-state index contributed by atoms with van der Waals surface area (Å²) in [5, 5.41) is 7.22. The highest BCUT2D eigenvalue weighted by Gasteiger charge is 2.27. The summed E-state index contributed by atoms with van der Waals surface area (Å²) >= 11 is 5.22. The third kappa shape index (κ3) is 4.54. The zero-order valence-electron chi connectivity index (χ0n) is 18.1. The van der Waals surface area contributed by atoms with E-state index in [9.17, 15) is 4.79 Å². The van der Waals surface area contributed by atoms with Crippen LogP contribution in [0.2, 0.25) is 0 Å². The zero-order valence-corrected chi connectivity index (χ0v) is 18.9. The van der Waals surface area contributed by atoms with Crippen LogP contribution in [-0.4, -0.2) is 43.6 Å². The molecule has 1 saturated heterocycles. The second-order valence-corrected chi connectivity index (χ2v) is 8.49. The third-order valence-corrected chi connectivity index (χ3v) is 6.24. The van der Waals surface area contributed by atoms with Gasteiger partial charge >= 0.3 is 0 Å². The van der Waals surface area contributed by atoms with E-state index in [0.717, 1.165) is 41.1 Å². The number of pyridine rings is 1. The summed E-state index contributed by atoms with van der Waals surface area (Å²) in [5.41, 5.74) is 3.64. The van der Waals surface area contributed by atoms with Gasteiger partial charge < -0.3 is 14.2 Å². The van der Waals surface area contributed by atoms with Crippen molar-refractivity contribution >= 4 is 18.1 Å². The number of aromatic nitrogens is 4. The van der Waals surface area contributed by atoms with Crippen LogP contribution in [0.4, 0.5) is 0 Å². The van der Waals surface area contributed by atoms with Crippen LogP contribution in [-0.2, 0) is 13.7 Å². The maximum absolute atomic E-state index is 13.1. The van der Waals surface area contributed by atoms with Crippen LogP contribution in [0.25, 0.3) is 0 Å². The van der Waals surface area contributed by atoms with Crippen LogP contribution in [0.1, 0.15) is 51.6 Å². The van der Waals surface area contributed by atoms with Gasteiger partial charge in [-0.3, -0.25) is 14.9 Å². The Labute approximate surface area is 187 Å². The molecule has 1 N–H and O–H groups in total. The molecule has 3 aromatic rings. The number of carbonyl (C=O) groups is 1. The number of nitrogens with one attached hydrogen (secondary N) is 1. The van der Waals surface area contributed by atoms with Crippen molar-refractivity contribution in [1.82, 2.24) is 24.6 Å². The van der Waals surface area contributed by atoms with E-state index < -0.39 is 0 Å². The first-order valence-corrected chi connectivity index (χ1v) is 10.9. The van der Waals surface area contributed by atoms with Crippen molar-refractivity contribution < 1.29 is 9.53 Å². The molecule has 8 heteroatoms. The van der Waals surface area contributed by atoms with Crippen LogP contribution in [0, 0.1) is 18.6 Å². The molecule has 0 bridgehead atoms. The number of amides is 1. The molecule has 2 aromatic heterocycles. The van der Waals surface area contributed by atoms with Crippen LogP contribution in [0.3, 0.4) is 0 Å². The predicted octanol–water partition coefficient (Wildman–Crippen LogP) is 4.09. The Bertz CT molecular complexity index is 1110. The lowest BCUT2D eigenvalue weighted by Gasteiger charge is -2.31. The Morgan fingerprint density at radius 1 is 1.26 bits per heavy atom. The molecule has 0 aliphatic carbocycles. The van der Waals surface area contributed by atoms with Crippen molar-refractivity contribution in [3.05, 3.63) is 69.5 Å². The number of likely N-dealkylation sites (tertiary alicyclic amines) is 1. The van der Waals surface area contributed by atoms with Crippen LogP contribution < -0.4 is 4.74 Å². The van der Waals surface area contributed by atoms with Crippen LogP contribution >= 0.6 is 12.2 Å². The number of piperidine rings is 1. The molecule has 1 amide bonds. The van der Waals surface area contributed by atoms with Gasteiger partial charge in [-0.1, -0.05) is 6.07 Å². The highest BCUT2D eigenvalue weighted by atomic mass is 32.1. The van der Waals surface area contributed by atoms with E-state index in [1.165, 1.54) is 0 Å². The molecule has 1 fully saturated rings. The first-order valence-electron chi connectivity index (χ1n) is 10.5. The lowest BCUT2D eigenvalue weighted by molar-refractivity contribution is 0.0710. The minimum Gasteiger partial charge on any atom is -0.488 e. The van der Waals surface area contributed by atoms with Gasteiger partial charge in [0.05, 0.1) is 0 Å². The molecule has 0 unspecified atom stereocenters. The first kappa shape index (κ1) is 21.2. The summed E-state index contributed by atoms with van der Waals surface area (Å²) in [6.45, 7) is 5.84. The summed E-state index contributed by atoms with van der Waals surface area (Å²) in [6, 6.07) is 7.73. The molecule has 0 saturated carbocycles. The van der Waals surface area contributed by atoms with E-state index >= 15 is 0 Å². The van der Waals surface area contributed by atoms with E-state index in [0.29, 0.717) is 35.9 Å². The van der Waals surface area contributed by atoms with E-state index in [2.05, 4.69) is 15.2 Å². The van der Waals surface area contributed by atoms with E-state index in [4.69, 9.17) is 17.0 Å². The smallest absolute Gasteiger partial charge is 0.253 e. The van der Waals surface area contributed by atoms with Crippen LogP contribution in [0.15, 0.2) is 36.7 Å². The number of rotatable bonds is 5. The zero-order chi connectivity index (χ0) is 22.0. The number of benzene rings is 1. The van der Waals surface area contributed by atoms with Gasteiger partial charge in [0.1, 0.15) is 18.2 Å². The molecule has 1 aliphatic rings. The van der Waals surface area contributed by atoms with E-state index in [-0.39, 0.29) is 5.91 Å². The number of hydrogen-bond acceptors (Lipinski definition) is 5. The van der Waals surface area contributed by atoms with Gasteiger partial charge in [0, 0.05) is 49.6 Å². The molecular formula is C23H27N5O2S. The molecule has 4 rings (SSSR count). The summed E-state index contributed by atoms with van der Waals surface area (Å²) in [6.07, 6.45) is 5.30. The van der Waals surface area contributed by atoms with Gasteiger partial charge in [0.25, 0.3) is 5.91 Å². The van der Waals surface area contributed by atoms with Gasteiger partial charge in [-0.15, -0.1) is 0 Å². The Morgan fingerprint density at radius 3 is 2.55 bits per heavy atom. The molecule has 7 nitrogen and oxygen atoms in total. The minimum atomic E-state index is 0.0684. The fraction of sp³-hybridized carbons (Fsp3) is 0.391. The summed E-state index contributed by atoms with van der Waals surface area (Å²) < 4.78 is 8.58. The summed E-state index contributed by atoms with van der Waals surface area (Å²) in [4.78, 5) is 19.2. The number of nitrogens with zero attached hydrogens (tertiary/aromatic N) is 4. The van der Waals surface area contributed by atoms with Crippen molar-refractivity contribution in [1.29, 1.82) is 0 Å². The Balaban J connectivity index is 1.42. The molecule has 0 atom stereocenters. The third-order valence-electron chi connectivity index (χ3n) is 5.87. The molecule has 0 radical (unpaired) electrons. The monoisotopic (exact) mass is 437 g/mol. The summed E-state index contributed by atoms with van der Waals surface area (Å²) in [7, 11) is 1.93. The number of aryl methyl sites for hydroxylation is 2. The number of H-pyrrole nitrogens is 1. The summed E-state index contributed by atoms with van der Waals surface area (Å²) in [5.74, 6) is 2.18. The second-order valence-electron chi connectivity index (χ2n) is 8.10. The highest BCUT2D eigenvalue weighted by Crippen LogP contribution is 2.29. The molecule has 31 heavy (non-hydrogen) atoms. The number of hydrogen-bond donors (Lipinski definition) is 1. The lowest BCUT2D eigenvalue weighted by Crippen LogP contribution is -2.38. The molecule has 1 aliphatic heterocycles. The quantitative estimate of drug-likeness (QED) is 0.609. The predicted molar refractivity (Wildman–Crippen MR) is 121 cm³/mol. The van der Waals surface area contributed by atoms with Crippen molar-refractivity contribution in [2.45, 2.75) is 39.2 Å². The van der Waals surface area contributed by atoms with Gasteiger partial charge in [0.15, 0.2) is 4.77 Å². The Morgan fingerprint density at radius 2 is 1.97 bits per heavy atom. The molecule has 3 heterocycles. The number of aromatic amines is 1. The molecular weight excluding hydrogens is 410 g/mol. The van der Waals surface area contributed by atoms with E-state index in [1.807, 2.05) is 54.6 Å². The van der Waals surface area contributed by atoms with E-state index in [1.54, 1.807) is 12.4 Å². The molecule has 1 aromatic carbocycles. The van der Waals surface area contributed by atoms with Gasteiger partial charge in [-0.25, -0.2) is 0 Å². The highest BCUT2D eigenvalue weighted by molar-refractivity contribution is 7.71. The molecule has 162 valence electrons. The Kier molecular flexibility index (Phi) is 6.18.